The van der Waals surface area contributed by atoms with E-state index < -0.39 is 0 Å². The van der Waals surface area contributed by atoms with Gasteiger partial charge in [0, 0.05) is 19.7 Å². The number of halogens is 1. The number of carbonyl (C=O) groups excluding carboxylic acids is 1. The van der Waals surface area contributed by atoms with Gasteiger partial charge in [-0.25, -0.2) is 0 Å². The summed E-state index contributed by atoms with van der Waals surface area (Å²) in [6.07, 6.45) is 3.14. The average Bonchev–Trinajstić information content (AvgIpc) is 2.45. The van der Waals surface area contributed by atoms with E-state index >= 15 is 0 Å². The highest BCUT2D eigenvalue weighted by Crippen LogP contribution is 2.24. The normalized spacial score (nSPS) is 17.7. The highest BCUT2D eigenvalue weighted by atomic mass is 35.5. The predicted molar refractivity (Wildman–Crippen MR) is 93.2 cm³/mol. The van der Waals surface area contributed by atoms with Gasteiger partial charge in [-0.15, -0.1) is 24.2 Å². The molecule has 1 heterocycles. The van der Waals surface area contributed by atoms with Gasteiger partial charge >= 0.3 is 0 Å². The fraction of sp³-hybridized carbons (Fsp3) is 0.933. The Morgan fingerprint density at radius 2 is 2.00 bits per heavy atom. The predicted octanol–water partition coefficient (Wildman–Crippen LogP) is 2.54. The van der Waals surface area contributed by atoms with E-state index in [9.17, 15) is 4.79 Å². The van der Waals surface area contributed by atoms with Crippen LogP contribution in [0, 0.1) is 5.92 Å². The maximum atomic E-state index is 12.5. The lowest BCUT2D eigenvalue weighted by Gasteiger charge is -2.35. The Morgan fingerprint density at radius 3 is 2.48 bits per heavy atom. The molecule has 6 heteroatoms. The van der Waals surface area contributed by atoms with E-state index in [2.05, 4.69) is 20.8 Å². The molecule has 126 valence electrons. The first-order chi connectivity index (χ1) is 9.60. The molecule has 1 aliphatic rings. The Kier molecular flexibility index (Phi) is 11.6. The van der Waals surface area contributed by atoms with Crippen molar-refractivity contribution in [1.29, 1.82) is 0 Å². The summed E-state index contributed by atoms with van der Waals surface area (Å²) in [6, 6.07) is 0. The highest BCUT2D eigenvalue weighted by Gasteiger charge is 2.30. The van der Waals surface area contributed by atoms with Crippen LogP contribution in [0.1, 0.15) is 40.0 Å². The topological polar surface area (TPSA) is 55.6 Å². The average molecular weight is 339 g/mol. The Bertz CT molecular complexity index is 285. The zero-order chi connectivity index (χ0) is 15.0. The maximum Gasteiger partial charge on any atom is 0.235 e. The van der Waals surface area contributed by atoms with Crippen LogP contribution in [-0.4, -0.2) is 54.2 Å². The maximum absolute atomic E-state index is 12.5. The monoisotopic (exact) mass is 338 g/mol. The molecule has 1 atom stereocenters. The first-order valence-corrected chi connectivity index (χ1v) is 8.87. The summed E-state index contributed by atoms with van der Waals surface area (Å²) in [4.78, 5) is 14.6. The van der Waals surface area contributed by atoms with Crippen molar-refractivity contribution in [2.75, 3.05) is 32.0 Å². The summed E-state index contributed by atoms with van der Waals surface area (Å²) in [5.74, 6) is 1.70. The number of nitrogens with two attached hydrogens (primary N) is 1. The van der Waals surface area contributed by atoms with Gasteiger partial charge in [0.25, 0.3) is 0 Å². The lowest BCUT2D eigenvalue weighted by atomic mass is 10.0. The molecule has 4 nitrogen and oxygen atoms in total. The number of piperidine rings is 1. The van der Waals surface area contributed by atoms with E-state index in [1.807, 2.05) is 4.90 Å². The third-order valence-electron chi connectivity index (χ3n) is 3.65. The van der Waals surface area contributed by atoms with Gasteiger partial charge in [-0.2, -0.15) is 0 Å². The molecular weight excluding hydrogens is 308 g/mol. The van der Waals surface area contributed by atoms with Crippen molar-refractivity contribution in [2.24, 2.45) is 11.7 Å². The summed E-state index contributed by atoms with van der Waals surface area (Å²) in [6.45, 7) is 9.48. The third kappa shape index (κ3) is 7.22. The van der Waals surface area contributed by atoms with Crippen molar-refractivity contribution in [3.05, 3.63) is 0 Å². The van der Waals surface area contributed by atoms with E-state index in [4.69, 9.17) is 10.5 Å². The SMILES string of the molecule is CCSC(C(=O)N1CCC(OCCCN)CC1)C(C)C.Cl. The Hall–Kier alpha value is 0.0300. The molecule has 1 aliphatic heterocycles. The van der Waals surface area contributed by atoms with Crippen LogP contribution in [0.5, 0.6) is 0 Å². The second kappa shape index (κ2) is 11.6. The number of hydrogen-bond donors (Lipinski definition) is 1. The molecule has 1 saturated heterocycles. The van der Waals surface area contributed by atoms with Crippen molar-refractivity contribution in [3.8, 4) is 0 Å². The number of nitrogens with zero attached hydrogens (tertiary/aromatic N) is 1. The number of thioether (sulfide) groups is 1. The van der Waals surface area contributed by atoms with Gasteiger partial charge in [-0.05, 0) is 37.5 Å². The molecule has 1 unspecified atom stereocenters. The van der Waals surface area contributed by atoms with Crippen LogP contribution in [0.2, 0.25) is 0 Å². The van der Waals surface area contributed by atoms with Crippen molar-refractivity contribution in [3.63, 3.8) is 0 Å². The first kappa shape index (κ1) is 21.0. The number of amides is 1. The van der Waals surface area contributed by atoms with Crippen molar-refractivity contribution in [1.82, 2.24) is 4.90 Å². The van der Waals surface area contributed by atoms with Crippen LogP contribution >= 0.6 is 24.2 Å². The van der Waals surface area contributed by atoms with E-state index in [0.717, 1.165) is 44.7 Å². The van der Waals surface area contributed by atoms with Crippen LogP contribution in [0.15, 0.2) is 0 Å². The van der Waals surface area contributed by atoms with Crippen LogP contribution in [0.3, 0.4) is 0 Å². The number of ether oxygens (including phenoxy) is 1. The lowest BCUT2D eigenvalue weighted by Crippen LogP contribution is -2.46. The van der Waals surface area contributed by atoms with Gasteiger partial charge in [-0.1, -0.05) is 20.8 Å². The molecule has 21 heavy (non-hydrogen) atoms. The van der Waals surface area contributed by atoms with Crippen molar-refractivity contribution in [2.45, 2.75) is 51.4 Å². The Balaban J connectivity index is 0.00000400. The first-order valence-electron chi connectivity index (χ1n) is 7.82. The summed E-state index contributed by atoms with van der Waals surface area (Å²) in [5.41, 5.74) is 5.46. The van der Waals surface area contributed by atoms with Crippen molar-refractivity contribution >= 4 is 30.1 Å². The standard InChI is InChI=1S/C15H30N2O2S.ClH/c1-4-20-14(12(2)3)15(18)17-9-6-13(7-10-17)19-11-5-8-16;/h12-14H,4-11,16H2,1-3H3;1H. The number of carbonyl (C=O) groups is 1. The Labute approximate surface area is 139 Å². The Morgan fingerprint density at radius 1 is 1.38 bits per heavy atom. The second-order valence-corrected chi connectivity index (χ2v) is 7.08. The summed E-state index contributed by atoms with van der Waals surface area (Å²) < 4.78 is 5.78. The van der Waals surface area contributed by atoms with Crippen LogP contribution in [0.4, 0.5) is 0 Å². The molecule has 0 aromatic rings. The van der Waals surface area contributed by atoms with Crippen LogP contribution in [-0.2, 0) is 9.53 Å². The molecule has 0 bridgehead atoms. The zero-order valence-electron chi connectivity index (χ0n) is 13.5. The van der Waals surface area contributed by atoms with Crippen LogP contribution in [0.25, 0.3) is 0 Å². The molecule has 0 spiro atoms. The largest absolute Gasteiger partial charge is 0.378 e. The fourth-order valence-corrected chi connectivity index (χ4v) is 3.52. The van der Waals surface area contributed by atoms with Gasteiger partial charge in [-0.3, -0.25) is 4.79 Å². The van der Waals surface area contributed by atoms with Crippen LogP contribution < -0.4 is 5.73 Å². The van der Waals surface area contributed by atoms with Gasteiger partial charge in [0.2, 0.25) is 5.91 Å². The van der Waals surface area contributed by atoms with Gasteiger partial charge in [0.05, 0.1) is 11.4 Å². The minimum Gasteiger partial charge on any atom is -0.378 e. The molecule has 0 aromatic carbocycles. The molecule has 1 amide bonds. The zero-order valence-corrected chi connectivity index (χ0v) is 15.2. The van der Waals surface area contributed by atoms with Gasteiger partial charge < -0.3 is 15.4 Å². The van der Waals surface area contributed by atoms with E-state index in [1.165, 1.54) is 0 Å². The molecule has 0 saturated carbocycles. The summed E-state index contributed by atoms with van der Waals surface area (Å²) >= 11 is 1.77. The lowest BCUT2D eigenvalue weighted by molar-refractivity contribution is -0.134. The molecule has 0 aromatic heterocycles. The smallest absolute Gasteiger partial charge is 0.235 e. The second-order valence-electron chi connectivity index (χ2n) is 5.66. The van der Waals surface area contributed by atoms with E-state index in [-0.39, 0.29) is 17.7 Å². The third-order valence-corrected chi connectivity index (χ3v) is 5.09. The molecular formula is C15H31ClN2O2S. The van der Waals surface area contributed by atoms with E-state index in [1.54, 1.807) is 11.8 Å². The highest BCUT2D eigenvalue weighted by molar-refractivity contribution is 8.00. The summed E-state index contributed by atoms with van der Waals surface area (Å²) in [7, 11) is 0. The molecule has 2 N–H and O–H groups in total. The number of rotatable bonds is 8. The minimum absolute atomic E-state index is 0. The minimum atomic E-state index is 0. The fourth-order valence-electron chi connectivity index (χ4n) is 2.48. The van der Waals surface area contributed by atoms with Crippen molar-refractivity contribution < 1.29 is 9.53 Å². The molecule has 1 fully saturated rings. The number of hydrogen-bond acceptors (Lipinski definition) is 4. The van der Waals surface area contributed by atoms with Gasteiger partial charge in [0.1, 0.15) is 0 Å². The quantitative estimate of drug-likeness (QED) is 0.691. The molecule has 0 aliphatic carbocycles. The molecule has 0 radical (unpaired) electrons. The number of likely N-dealkylation sites (tertiary alicyclic amines) is 1. The summed E-state index contributed by atoms with van der Waals surface area (Å²) in [5, 5.41) is 0.106. The van der Waals surface area contributed by atoms with E-state index in [0.29, 0.717) is 24.5 Å². The van der Waals surface area contributed by atoms with Gasteiger partial charge in [0.15, 0.2) is 0 Å². The molecule has 1 rings (SSSR count).